The molecular weight excluding hydrogens is 414 g/mol. The van der Waals surface area contributed by atoms with Crippen molar-refractivity contribution in [2.75, 3.05) is 10.0 Å². The minimum atomic E-state index is -3.87. The Hall–Kier alpha value is -2.84. The molecule has 1 amide bonds. The van der Waals surface area contributed by atoms with E-state index in [9.17, 15) is 13.2 Å². The van der Waals surface area contributed by atoms with Gasteiger partial charge in [0.2, 0.25) is 0 Å². The van der Waals surface area contributed by atoms with E-state index < -0.39 is 15.9 Å². The third kappa shape index (κ3) is 4.60. The lowest BCUT2D eigenvalue weighted by Gasteiger charge is -2.13. The number of nitrogens with one attached hydrogen (secondary N) is 2. The number of aryl methyl sites for hydroxylation is 3. The Morgan fingerprint density at radius 3 is 2.41 bits per heavy atom. The van der Waals surface area contributed by atoms with E-state index in [1.54, 1.807) is 50.2 Å². The number of hydrogen-bond acceptors (Lipinski definition) is 5. The third-order valence-electron chi connectivity index (χ3n) is 4.31. The molecule has 0 aliphatic rings. The molecule has 1 heterocycles. The molecule has 7 nitrogen and oxygen atoms in total. The van der Waals surface area contributed by atoms with Gasteiger partial charge in [0, 0.05) is 22.8 Å². The number of benzene rings is 2. The molecule has 0 saturated carbocycles. The Morgan fingerprint density at radius 1 is 1.10 bits per heavy atom. The molecule has 0 aliphatic heterocycles. The smallest absolute Gasteiger partial charge is 0.262 e. The molecule has 29 heavy (non-hydrogen) atoms. The van der Waals surface area contributed by atoms with Crippen LogP contribution in [-0.2, 0) is 16.4 Å². The van der Waals surface area contributed by atoms with Crippen LogP contribution in [0.4, 0.5) is 11.4 Å². The summed E-state index contributed by atoms with van der Waals surface area (Å²) in [5.74, 6) is 0.0721. The van der Waals surface area contributed by atoms with Crippen molar-refractivity contribution in [3.8, 4) is 0 Å². The van der Waals surface area contributed by atoms with Gasteiger partial charge < -0.3 is 9.84 Å². The predicted molar refractivity (Wildman–Crippen MR) is 112 cm³/mol. The number of rotatable bonds is 6. The molecule has 0 saturated heterocycles. The SMILES string of the molecule is CCc1onc(C)c1C(=O)Nc1ccc(C)c(S(=O)(=O)Nc2ccc(Cl)cc2)c1. The highest BCUT2D eigenvalue weighted by Gasteiger charge is 2.21. The Balaban J connectivity index is 1.88. The maximum absolute atomic E-state index is 12.8. The maximum atomic E-state index is 12.8. The molecule has 0 aliphatic carbocycles. The highest BCUT2D eigenvalue weighted by Crippen LogP contribution is 2.25. The second-order valence-electron chi connectivity index (χ2n) is 6.47. The molecule has 2 N–H and O–H groups in total. The minimum absolute atomic E-state index is 0.0583. The fourth-order valence-corrected chi connectivity index (χ4v) is 4.29. The number of carbonyl (C=O) groups is 1. The number of anilines is 2. The van der Waals surface area contributed by atoms with E-state index in [0.29, 0.717) is 45.4 Å². The highest BCUT2D eigenvalue weighted by atomic mass is 35.5. The van der Waals surface area contributed by atoms with Gasteiger partial charge >= 0.3 is 0 Å². The Kier molecular flexibility index (Phi) is 5.95. The largest absolute Gasteiger partial charge is 0.360 e. The van der Waals surface area contributed by atoms with Gasteiger partial charge in [-0.25, -0.2) is 8.42 Å². The number of carbonyl (C=O) groups excluding carboxylic acids is 1. The van der Waals surface area contributed by atoms with E-state index in [2.05, 4.69) is 15.2 Å². The van der Waals surface area contributed by atoms with Gasteiger partial charge in [0.15, 0.2) is 0 Å². The molecule has 1 aromatic heterocycles. The zero-order valence-electron chi connectivity index (χ0n) is 16.1. The number of aromatic nitrogens is 1. The first kappa shape index (κ1) is 20.9. The van der Waals surface area contributed by atoms with Gasteiger partial charge in [-0.3, -0.25) is 9.52 Å². The van der Waals surface area contributed by atoms with Crippen LogP contribution < -0.4 is 10.0 Å². The van der Waals surface area contributed by atoms with Crippen LogP contribution in [0.15, 0.2) is 51.9 Å². The first-order valence-corrected chi connectivity index (χ1v) is 10.7. The minimum Gasteiger partial charge on any atom is -0.360 e. The highest BCUT2D eigenvalue weighted by molar-refractivity contribution is 7.92. The van der Waals surface area contributed by atoms with Gasteiger partial charge in [0.1, 0.15) is 11.3 Å². The summed E-state index contributed by atoms with van der Waals surface area (Å²) in [4.78, 5) is 12.7. The second-order valence-corrected chi connectivity index (χ2v) is 8.55. The quantitative estimate of drug-likeness (QED) is 0.593. The summed E-state index contributed by atoms with van der Waals surface area (Å²) in [7, 11) is -3.87. The van der Waals surface area contributed by atoms with Crippen LogP contribution in [0.5, 0.6) is 0 Å². The van der Waals surface area contributed by atoms with Crippen LogP contribution in [0, 0.1) is 13.8 Å². The maximum Gasteiger partial charge on any atom is 0.262 e. The standard InChI is InChI=1S/C20H20ClN3O4S/c1-4-17-19(13(3)23-28-17)20(25)22-16-8-5-12(2)18(11-16)29(26,27)24-15-9-6-14(21)7-10-15/h5-11,24H,4H2,1-3H3,(H,22,25). The van der Waals surface area contributed by atoms with Gasteiger partial charge in [-0.2, -0.15) is 0 Å². The van der Waals surface area contributed by atoms with E-state index in [1.807, 2.05) is 6.92 Å². The van der Waals surface area contributed by atoms with E-state index >= 15 is 0 Å². The van der Waals surface area contributed by atoms with Crippen molar-refractivity contribution in [2.24, 2.45) is 0 Å². The lowest BCUT2D eigenvalue weighted by molar-refractivity contribution is 0.102. The van der Waals surface area contributed by atoms with Gasteiger partial charge in [-0.05, 0) is 55.8 Å². The second kappa shape index (κ2) is 8.26. The number of nitrogens with zero attached hydrogens (tertiary/aromatic N) is 1. The molecule has 0 bridgehead atoms. The van der Waals surface area contributed by atoms with E-state index in [1.165, 1.54) is 6.07 Å². The molecule has 3 rings (SSSR count). The van der Waals surface area contributed by atoms with Crippen molar-refractivity contribution >= 4 is 38.9 Å². The summed E-state index contributed by atoms with van der Waals surface area (Å²) in [5.41, 5.74) is 2.11. The fraction of sp³-hybridized carbons (Fsp3) is 0.200. The normalized spacial score (nSPS) is 11.3. The summed E-state index contributed by atoms with van der Waals surface area (Å²) in [5, 5.41) is 7.05. The van der Waals surface area contributed by atoms with Crippen LogP contribution >= 0.6 is 11.6 Å². The molecular formula is C20H20ClN3O4S. The van der Waals surface area contributed by atoms with Crippen molar-refractivity contribution in [1.29, 1.82) is 0 Å². The number of sulfonamides is 1. The topological polar surface area (TPSA) is 101 Å². The van der Waals surface area contributed by atoms with Gasteiger partial charge in [0.05, 0.1) is 10.6 Å². The number of amides is 1. The molecule has 3 aromatic rings. The average molecular weight is 434 g/mol. The van der Waals surface area contributed by atoms with E-state index in [0.717, 1.165) is 0 Å². The summed E-state index contributed by atoms with van der Waals surface area (Å²) >= 11 is 5.84. The van der Waals surface area contributed by atoms with Crippen LogP contribution in [0.1, 0.15) is 34.3 Å². The van der Waals surface area contributed by atoms with Crippen molar-refractivity contribution < 1.29 is 17.7 Å². The van der Waals surface area contributed by atoms with Gasteiger partial charge in [0.25, 0.3) is 15.9 Å². The van der Waals surface area contributed by atoms with Gasteiger partial charge in [-0.1, -0.05) is 29.7 Å². The molecule has 152 valence electrons. The molecule has 0 radical (unpaired) electrons. The van der Waals surface area contributed by atoms with Crippen LogP contribution in [-0.4, -0.2) is 19.5 Å². The van der Waals surface area contributed by atoms with Gasteiger partial charge in [-0.15, -0.1) is 0 Å². The van der Waals surface area contributed by atoms with E-state index in [4.69, 9.17) is 16.1 Å². The lowest BCUT2D eigenvalue weighted by atomic mass is 10.1. The molecule has 0 spiro atoms. The first-order chi connectivity index (χ1) is 13.7. The molecule has 0 atom stereocenters. The van der Waals surface area contributed by atoms with E-state index in [-0.39, 0.29) is 4.90 Å². The fourth-order valence-electron chi connectivity index (χ4n) is 2.84. The molecule has 9 heteroatoms. The van der Waals surface area contributed by atoms with Crippen molar-refractivity contribution in [2.45, 2.75) is 32.1 Å². The number of hydrogen-bond donors (Lipinski definition) is 2. The summed E-state index contributed by atoms with van der Waals surface area (Å²) in [6.45, 7) is 5.22. The summed E-state index contributed by atoms with van der Waals surface area (Å²) < 4.78 is 33.4. The Labute approximate surface area is 174 Å². The van der Waals surface area contributed by atoms with Crippen molar-refractivity contribution in [1.82, 2.24) is 5.16 Å². The van der Waals surface area contributed by atoms with Crippen LogP contribution in [0.2, 0.25) is 5.02 Å². The molecule has 2 aromatic carbocycles. The Bertz CT molecular complexity index is 1150. The van der Waals surface area contributed by atoms with Crippen LogP contribution in [0.3, 0.4) is 0 Å². The molecule has 0 fully saturated rings. The van der Waals surface area contributed by atoms with Crippen molar-refractivity contribution in [3.05, 3.63) is 70.1 Å². The zero-order chi connectivity index (χ0) is 21.2. The predicted octanol–water partition coefficient (Wildman–Crippen LogP) is 4.56. The average Bonchev–Trinajstić information content (AvgIpc) is 3.05. The first-order valence-electron chi connectivity index (χ1n) is 8.87. The summed E-state index contributed by atoms with van der Waals surface area (Å²) in [6.07, 6.45) is 0.516. The third-order valence-corrected chi connectivity index (χ3v) is 6.09. The lowest BCUT2D eigenvalue weighted by Crippen LogP contribution is -2.17. The number of halogens is 1. The zero-order valence-corrected chi connectivity index (χ0v) is 17.7. The molecule has 0 unspecified atom stereocenters. The monoisotopic (exact) mass is 433 g/mol. The van der Waals surface area contributed by atoms with Crippen LogP contribution in [0.25, 0.3) is 0 Å². The Morgan fingerprint density at radius 2 is 1.76 bits per heavy atom. The van der Waals surface area contributed by atoms with Crippen molar-refractivity contribution in [3.63, 3.8) is 0 Å². The summed E-state index contributed by atoms with van der Waals surface area (Å²) in [6, 6.07) is 11.0.